The van der Waals surface area contributed by atoms with Gasteiger partial charge in [0.05, 0.1) is 0 Å². The number of Topliss-reactive ketones (excluding diaryl/α,β-unsaturated/α-hetero) is 1. The molecule has 2 amide bonds. The molecule has 9 nitrogen and oxygen atoms in total. The molecule has 0 aliphatic rings. The van der Waals surface area contributed by atoms with Crippen molar-refractivity contribution in [3.8, 4) is 11.5 Å². The summed E-state index contributed by atoms with van der Waals surface area (Å²) < 4.78 is 5.39. The predicted octanol–water partition coefficient (Wildman–Crippen LogP) is 0.836. The van der Waals surface area contributed by atoms with Crippen LogP contribution in [0.25, 0.3) is 11.5 Å². The number of nitrogens with one attached hydrogen (secondary N) is 1. The molecule has 1 atom stereocenters. The number of aromatic nitrogens is 3. The molecule has 0 aliphatic carbocycles. The van der Waals surface area contributed by atoms with Gasteiger partial charge < -0.3 is 15.5 Å². The molecule has 0 radical (unpaired) electrons. The molecule has 3 rings (SSSR count). The largest absolute Gasteiger partial charge is 0.435 e. The molecule has 1 aromatic carbocycles. The number of carbonyl (C=O) groups is 3. The number of nitrogens with two attached hydrogens (primary N) is 1. The van der Waals surface area contributed by atoms with Crippen LogP contribution in [0.1, 0.15) is 22.0 Å². The first-order chi connectivity index (χ1) is 13.5. The van der Waals surface area contributed by atoms with Gasteiger partial charge in [0.1, 0.15) is 6.04 Å². The standard InChI is InChI=1S/C19H17N5O4/c1-11-23-14(18-21-8-5-9-22-18)16(28-11)19(27)24-13(15(25)17(20)26)10-12-6-3-2-4-7-12/h2-9,13H,10H2,1H3,(H2,20,26)(H,24,27). The van der Waals surface area contributed by atoms with Crippen LogP contribution in [0.15, 0.2) is 53.2 Å². The highest BCUT2D eigenvalue weighted by Crippen LogP contribution is 2.20. The minimum Gasteiger partial charge on any atom is -0.435 e. The van der Waals surface area contributed by atoms with Crippen molar-refractivity contribution in [2.45, 2.75) is 19.4 Å². The van der Waals surface area contributed by atoms with Gasteiger partial charge in [0.25, 0.3) is 11.8 Å². The van der Waals surface area contributed by atoms with Crippen LogP contribution in [-0.2, 0) is 16.0 Å². The molecule has 28 heavy (non-hydrogen) atoms. The third kappa shape index (κ3) is 4.26. The van der Waals surface area contributed by atoms with Gasteiger partial charge in [-0.1, -0.05) is 30.3 Å². The van der Waals surface area contributed by atoms with Crippen LogP contribution in [0.5, 0.6) is 0 Å². The fourth-order valence-electron chi connectivity index (χ4n) is 2.61. The number of hydrogen-bond donors (Lipinski definition) is 2. The highest BCUT2D eigenvalue weighted by atomic mass is 16.4. The van der Waals surface area contributed by atoms with E-state index in [2.05, 4.69) is 20.3 Å². The normalized spacial score (nSPS) is 11.6. The Morgan fingerprint density at radius 3 is 2.43 bits per heavy atom. The van der Waals surface area contributed by atoms with Crippen molar-refractivity contribution in [2.24, 2.45) is 5.73 Å². The van der Waals surface area contributed by atoms with E-state index in [4.69, 9.17) is 10.2 Å². The maximum atomic E-state index is 12.8. The van der Waals surface area contributed by atoms with E-state index in [1.165, 1.54) is 12.4 Å². The number of nitrogens with zero attached hydrogens (tertiary/aromatic N) is 3. The van der Waals surface area contributed by atoms with Gasteiger partial charge in [-0.05, 0) is 11.6 Å². The first kappa shape index (κ1) is 18.9. The van der Waals surface area contributed by atoms with Crippen LogP contribution >= 0.6 is 0 Å². The van der Waals surface area contributed by atoms with Crippen LogP contribution in [0.4, 0.5) is 0 Å². The van der Waals surface area contributed by atoms with Crippen molar-refractivity contribution in [3.05, 3.63) is 66.0 Å². The van der Waals surface area contributed by atoms with Gasteiger partial charge in [-0.25, -0.2) is 15.0 Å². The third-order valence-corrected chi connectivity index (χ3v) is 3.87. The van der Waals surface area contributed by atoms with Gasteiger partial charge in [-0.2, -0.15) is 0 Å². The van der Waals surface area contributed by atoms with Gasteiger partial charge >= 0.3 is 0 Å². The minimum absolute atomic E-state index is 0.0959. The number of rotatable bonds is 7. The van der Waals surface area contributed by atoms with Gasteiger partial charge in [0.2, 0.25) is 11.5 Å². The average molecular weight is 379 g/mol. The second kappa shape index (κ2) is 8.21. The number of aryl methyl sites for hydroxylation is 1. The summed E-state index contributed by atoms with van der Waals surface area (Å²) in [6, 6.07) is 9.40. The monoisotopic (exact) mass is 379 g/mol. The lowest BCUT2D eigenvalue weighted by atomic mass is 10.0. The summed E-state index contributed by atoms with van der Waals surface area (Å²) in [4.78, 5) is 48.7. The van der Waals surface area contributed by atoms with E-state index in [1.54, 1.807) is 37.3 Å². The van der Waals surface area contributed by atoms with Crippen molar-refractivity contribution in [1.29, 1.82) is 0 Å². The van der Waals surface area contributed by atoms with Crippen LogP contribution in [0, 0.1) is 6.92 Å². The van der Waals surface area contributed by atoms with E-state index in [-0.39, 0.29) is 29.6 Å². The number of hydrogen-bond acceptors (Lipinski definition) is 7. The molecule has 9 heteroatoms. The van der Waals surface area contributed by atoms with Crippen molar-refractivity contribution in [1.82, 2.24) is 20.3 Å². The fourth-order valence-corrected chi connectivity index (χ4v) is 2.61. The molecule has 142 valence electrons. The van der Waals surface area contributed by atoms with Gasteiger partial charge in [-0.3, -0.25) is 14.4 Å². The predicted molar refractivity (Wildman–Crippen MR) is 97.9 cm³/mol. The molecule has 1 unspecified atom stereocenters. The average Bonchev–Trinajstić information content (AvgIpc) is 3.10. The Kier molecular flexibility index (Phi) is 5.54. The summed E-state index contributed by atoms with van der Waals surface area (Å²) in [7, 11) is 0. The first-order valence-corrected chi connectivity index (χ1v) is 8.39. The summed E-state index contributed by atoms with van der Waals surface area (Å²) in [6.45, 7) is 1.57. The summed E-state index contributed by atoms with van der Waals surface area (Å²) in [5.41, 5.74) is 6.03. The number of carbonyl (C=O) groups excluding carboxylic acids is 3. The Labute approximate surface area is 160 Å². The molecule has 3 aromatic rings. The van der Waals surface area contributed by atoms with Gasteiger partial charge in [0, 0.05) is 25.7 Å². The molecular weight excluding hydrogens is 362 g/mol. The molecule has 0 bridgehead atoms. The smallest absolute Gasteiger partial charge is 0.290 e. The molecule has 0 saturated carbocycles. The topological polar surface area (TPSA) is 141 Å². The maximum absolute atomic E-state index is 12.8. The zero-order valence-corrected chi connectivity index (χ0v) is 15.0. The summed E-state index contributed by atoms with van der Waals surface area (Å²) >= 11 is 0. The second-order valence-corrected chi connectivity index (χ2v) is 5.93. The first-order valence-electron chi connectivity index (χ1n) is 8.39. The molecule has 2 heterocycles. The van der Waals surface area contributed by atoms with E-state index in [1.807, 2.05) is 6.07 Å². The van der Waals surface area contributed by atoms with E-state index in [9.17, 15) is 14.4 Å². The van der Waals surface area contributed by atoms with Crippen molar-refractivity contribution in [3.63, 3.8) is 0 Å². The summed E-state index contributed by atoms with van der Waals surface area (Å²) in [5, 5.41) is 2.51. The lowest BCUT2D eigenvalue weighted by molar-refractivity contribution is -0.137. The minimum atomic E-state index is -1.15. The molecular formula is C19H17N5O4. The molecule has 2 aromatic heterocycles. The number of oxazole rings is 1. The van der Waals surface area contributed by atoms with Crippen molar-refractivity contribution in [2.75, 3.05) is 0 Å². The Hall–Kier alpha value is -3.88. The Bertz CT molecular complexity index is 1000. The van der Waals surface area contributed by atoms with Crippen LogP contribution in [0.2, 0.25) is 0 Å². The van der Waals surface area contributed by atoms with E-state index in [0.29, 0.717) is 0 Å². The van der Waals surface area contributed by atoms with Crippen LogP contribution in [0.3, 0.4) is 0 Å². The zero-order valence-electron chi connectivity index (χ0n) is 15.0. The zero-order chi connectivity index (χ0) is 20.1. The second-order valence-electron chi connectivity index (χ2n) is 5.93. The highest BCUT2D eigenvalue weighted by Gasteiger charge is 2.29. The van der Waals surface area contributed by atoms with Crippen LogP contribution in [-0.4, -0.2) is 38.6 Å². The number of primary amides is 1. The Morgan fingerprint density at radius 1 is 1.11 bits per heavy atom. The lowest BCUT2D eigenvalue weighted by Crippen LogP contribution is -2.47. The lowest BCUT2D eigenvalue weighted by Gasteiger charge is -2.15. The van der Waals surface area contributed by atoms with Gasteiger partial charge in [0.15, 0.2) is 17.4 Å². The van der Waals surface area contributed by atoms with E-state index >= 15 is 0 Å². The van der Waals surface area contributed by atoms with Gasteiger partial charge in [-0.15, -0.1) is 0 Å². The van der Waals surface area contributed by atoms with E-state index in [0.717, 1.165) is 5.56 Å². The van der Waals surface area contributed by atoms with E-state index < -0.39 is 23.6 Å². The molecule has 0 saturated heterocycles. The molecule has 0 aliphatic heterocycles. The van der Waals surface area contributed by atoms with Crippen LogP contribution < -0.4 is 11.1 Å². The SMILES string of the molecule is Cc1nc(-c2ncccn2)c(C(=O)NC(Cc2ccccc2)C(=O)C(N)=O)o1. The molecule has 0 fully saturated rings. The Morgan fingerprint density at radius 2 is 1.79 bits per heavy atom. The van der Waals surface area contributed by atoms with Crippen molar-refractivity contribution >= 4 is 17.6 Å². The van der Waals surface area contributed by atoms with Crippen molar-refractivity contribution < 1.29 is 18.8 Å². The Balaban J connectivity index is 1.88. The number of benzene rings is 1. The summed E-state index contributed by atoms with van der Waals surface area (Å²) in [5.74, 6) is -2.50. The fraction of sp³-hybridized carbons (Fsp3) is 0.158. The highest BCUT2D eigenvalue weighted by molar-refractivity contribution is 6.38. The number of amides is 2. The molecule has 3 N–H and O–H groups in total. The molecule has 0 spiro atoms. The quantitative estimate of drug-likeness (QED) is 0.579. The number of ketones is 1. The summed E-state index contributed by atoms with van der Waals surface area (Å²) in [6.07, 6.45) is 3.10. The third-order valence-electron chi connectivity index (χ3n) is 3.87. The maximum Gasteiger partial charge on any atom is 0.290 e.